The molecule has 0 fully saturated rings. The van der Waals surface area contributed by atoms with Gasteiger partial charge in [0.1, 0.15) is 0 Å². The number of nitrogens with one attached hydrogen (secondary N) is 1. The lowest BCUT2D eigenvalue weighted by Crippen LogP contribution is -2.24. The molecule has 0 aliphatic rings. The molecule has 1 rings (SSSR count). The van der Waals surface area contributed by atoms with Gasteiger partial charge >= 0.3 is 0 Å². The van der Waals surface area contributed by atoms with Crippen LogP contribution in [0.25, 0.3) is 0 Å². The third-order valence-corrected chi connectivity index (χ3v) is 2.37. The Morgan fingerprint density at radius 3 is 2.81 bits per heavy atom. The Hall–Kier alpha value is -1.46. The molecule has 1 aromatic carbocycles. The van der Waals surface area contributed by atoms with Crippen molar-refractivity contribution >= 4 is 5.69 Å². The molecule has 0 aromatic heterocycles. The molecule has 16 heavy (non-hydrogen) atoms. The van der Waals surface area contributed by atoms with Crippen LogP contribution in [-0.2, 0) is 6.54 Å². The molecule has 1 atom stereocenters. The highest BCUT2D eigenvalue weighted by Gasteiger charge is 2.12. The molecule has 5 heteroatoms. The molecular weight excluding hydrogens is 208 g/mol. The molecule has 5 nitrogen and oxygen atoms in total. The quantitative estimate of drug-likeness (QED) is 0.585. The van der Waals surface area contributed by atoms with Crippen LogP contribution in [0.5, 0.6) is 0 Å². The van der Waals surface area contributed by atoms with Gasteiger partial charge in [-0.05, 0) is 19.4 Å². The fourth-order valence-corrected chi connectivity index (χ4v) is 1.47. The van der Waals surface area contributed by atoms with Gasteiger partial charge in [0, 0.05) is 24.7 Å². The molecule has 2 N–H and O–H groups in total. The number of hydrogen-bond donors (Lipinski definition) is 2. The van der Waals surface area contributed by atoms with Crippen molar-refractivity contribution in [2.75, 3.05) is 6.54 Å². The summed E-state index contributed by atoms with van der Waals surface area (Å²) in [5.41, 5.74) is 1.69. The second-order valence-electron chi connectivity index (χ2n) is 3.80. The molecule has 0 saturated carbocycles. The Morgan fingerprint density at radius 2 is 2.25 bits per heavy atom. The molecular formula is C11H16N2O3. The number of hydrogen-bond acceptors (Lipinski definition) is 4. The van der Waals surface area contributed by atoms with Crippen LogP contribution in [-0.4, -0.2) is 22.7 Å². The average molecular weight is 224 g/mol. The monoisotopic (exact) mass is 224 g/mol. The third kappa shape index (κ3) is 3.29. The Morgan fingerprint density at radius 1 is 1.56 bits per heavy atom. The largest absolute Gasteiger partial charge is 0.392 e. The maximum absolute atomic E-state index is 10.7. The fourth-order valence-electron chi connectivity index (χ4n) is 1.47. The van der Waals surface area contributed by atoms with Gasteiger partial charge in [0.15, 0.2) is 0 Å². The zero-order valence-corrected chi connectivity index (χ0v) is 9.43. The van der Waals surface area contributed by atoms with E-state index >= 15 is 0 Å². The predicted octanol–water partition coefficient (Wildman–Crippen LogP) is 1.37. The van der Waals surface area contributed by atoms with Crippen molar-refractivity contribution in [3.05, 3.63) is 39.4 Å². The molecule has 0 heterocycles. The molecule has 0 aliphatic carbocycles. The first kappa shape index (κ1) is 12.6. The second kappa shape index (κ2) is 5.58. The van der Waals surface area contributed by atoms with Crippen molar-refractivity contribution in [2.45, 2.75) is 26.5 Å². The number of benzene rings is 1. The van der Waals surface area contributed by atoms with E-state index in [0.29, 0.717) is 18.7 Å². The molecule has 1 aromatic rings. The van der Waals surface area contributed by atoms with Gasteiger partial charge in [0.2, 0.25) is 0 Å². The first-order valence-corrected chi connectivity index (χ1v) is 5.14. The van der Waals surface area contributed by atoms with Gasteiger partial charge in [0.25, 0.3) is 5.69 Å². The lowest BCUT2D eigenvalue weighted by molar-refractivity contribution is -0.385. The van der Waals surface area contributed by atoms with Crippen molar-refractivity contribution in [1.29, 1.82) is 0 Å². The Labute approximate surface area is 94.3 Å². The summed E-state index contributed by atoms with van der Waals surface area (Å²) in [6.07, 6.45) is -0.418. The molecule has 0 saturated heterocycles. The first-order valence-electron chi connectivity index (χ1n) is 5.14. The molecule has 0 radical (unpaired) electrons. The van der Waals surface area contributed by atoms with Crippen LogP contribution in [0.2, 0.25) is 0 Å². The third-order valence-electron chi connectivity index (χ3n) is 2.37. The zero-order valence-electron chi connectivity index (χ0n) is 9.43. The summed E-state index contributed by atoms with van der Waals surface area (Å²) in [5.74, 6) is 0. The molecule has 88 valence electrons. The van der Waals surface area contributed by atoms with Crippen molar-refractivity contribution in [3.63, 3.8) is 0 Å². The summed E-state index contributed by atoms with van der Waals surface area (Å²) in [7, 11) is 0. The van der Waals surface area contributed by atoms with E-state index in [1.807, 2.05) is 6.07 Å². The van der Waals surface area contributed by atoms with Crippen LogP contribution in [0.3, 0.4) is 0 Å². The number of nitro benzene ring substituents is 1. The lowest BCUT2D eigenvalue weighted by Gasteiger charge is -2.09. The van der Waals surface area contributed by atoms with Gasteiger partial charge in [-0.2, -0.15) is 0 Å². The van der Waals surface area contributed by atoms with Gasteiger partial charge in [-0.15, -0.1) is 0 Å². The highest BCUT2D eigenvalue weighted by molar-refractivity contribution is 5.44. The minimum Gasteiger partial charge on any atom is -0.392 e. The molecule has 0 aliphatic heterocycles. The van der Waals surface area contributed by atoms with Crippen molar-refractivity contribution in [3.8, 4) is 0 Å². The zero-order chi connectivity index (χ0) is 12.1. The van der Waals surface area contributed by atoms with Crippen molar-refractivity contribution < 1.29 is 10.0 Å². The van der Waals surface area contributed by atoms with Gasteiger partial charge in [-0.25, -0.2) is 0 Å². The van der Waals surface area contributed by atoms with E-state index in [1.54, 1.807) is 19.9 Å². The van der Waals surface area contributed by atoms with Gasteiger partial charge in [0.05, 0.1) is 11.0 Å². The van der Waals surface area contributed by atoms with Gasteiger partial charge in [-0.3, -0.25) is 10.1 Å². The Balaban J connectivity index is 2.73. The summed E-state index contributed by atoms with van der Waals surface area (Å²) in [4.78, 5) is 10.3. The summed E-state index contributed by atoms with van der Waals surface area (Å²) < 4.78 is 0. The lowest BCUT2D eigenvalue weighted by atomic mass is 10.1. The summed E-state index contributed by atoms with van der Waals surface area (Å²) in [6.45, 7) is 4.42. The van der Waals surface area contributed by atoms with Crippen LogP contribution in [0.4, 0.5) is 5.69 Å². The highest BCUT2D eigenvalue weighted by Crippen LogP contribution is 2.20. The topological polar surface area (TPSA) is 75.4 Å². The SMILES string of the molecule is Cc1c(CNCC(C)O)cccc1[N+](=O)[O-]. The van der Waals surface area contributed by atoms with Gasteiger partial charge in [-0.1, -0.05) is 12.1 Å². The Bertz CT molecular complexity index is 377. The second-order valence-corrected chi connectivity index (χ2v) is 3.80. The van der Waals surface area contributed by atoms with E-state index in [2.05, 4.69) is 5.32 Å². The minimum absolute atomic E-state index is 0.136. The van der Waals surface area contributed by atoms with Crippen LogP contribution in [0, 0.1) is 17.0 Å². The number of nitrogens with zero attached hydrogens (tertiary/aromatic N) is 1. The van der Waals surface area contributed by atoms with Crippen LogP contribution < -0.4 is 5.32 Å². The van der Waals surface area contributed by atoms with E-state index < -0.39 is 6.10 Å². The molecule has 0 spiro atoms. The highest BCUT2D eigenvalue weighted by atomic mass is 16.6. The minimum atomic E-state index is -0.418. The standard InChI is InChI=1S/C11H16N2O3/c1-8(14)6-12-7-10-4-3-5-11(9(10)2)13(15)16/h3-5,8,12,14H,6-7H2,1-2H3. The smallest absolute Gasteiger partial charge is 0.272 e. The van der Waals surface area contributed by atoms with Gasteiger partial charge < -0.3 is 10.4 Å². The van der Waals surface area contributed by atoms with E-state index in [1.165, 1.54) is 6.07 Å². The maximum Gasteiger partial charge on any atom is 0.272 e. The fraction of sp³-hybridized carbons (Fsp3) is 0.455. The summed E-state index contributed by atoms with van der Waals surface area (Å²) >= 11 is 0. The number of rotatable bonds is 5. The van der Waals surface area contributed by atoms with Crippen molar-refractivity contribution in [1.82, 2.24) is 5.32 Å². The summed E-state index contributed by atoms with van der Waals surface area (Å²) in [5, 5.41) is 22.8. The maximum atomic E-state index is 10.7. The normalized spacial score (nSPS) is 12.4. The van der Waals surface area contributed by atoms with Crippen LogP contribution in [0.15, 0.2) is 18.2 Å². The van der Waals surface area contributed by atoms with E-state index in [0.717, 1.165) is 5.56 Å². The van der Waals surface area contributed by atoms with Crippen molar-refractivity contribution in [2.24, 2.45) is 0 Å². The predicted molar refractivity (Wildman–Crippen MR) is 61.2 cm³/mol. The average Bonchev–Trinajstić information content (AvgIpc) is 2.19. The molecule has 0 bridgehead atoms. The van der Waals surface area contributed by atoms with E-state index in [4.69, 9.17) is 5.11 Å². The molecule has 1 unspecified atom stereocenters. The van der Waals surface area contributed by atoms with Crippen LogP contribution in [0.1, 0.15) is 18.1 Å². The summed E-state index contributed by atoms with van der Waals surface area (Å²) in [6, 6.07) is 5.01. The molecule has 0 amide bonds. The van der Waals surface area contributed by atoms with E-state index in [9.17, 15) is 10.1 Å². The number of aliphatic hydroxyl groups is 1. The Kier molecular flexibility index (Phi) is 4.39. The van der Waals surface area contributed by atoms with Crippen LogP contribution >= 0.6 is 0 Å². The van der Waals surface area contributed by atoms with E-state index in [-0.39, 0.29) is 10.6 Å². The number of aliphatic hydroxyl groups excluding tert-OH is 1. The number of nitro groups is 1. The first-order chi connectivity index (χ1) is 7.52.